The van der Waals surface area contributed by atoms with Gasteiger partial charge in [-0.3, -0.25) is 13.9 Å². The number of aryl methyl sites for hydroxylation is 4. The van der Waals surface area contributed by atoms with Crippen LogP contribution in [-0.2, 0) is 20.6 Å². The molecule has 0 aliphatic rings. The molecule has 3 aromatic heterocycles. The Kier molecular flexibility index (Phi) is 3.46. The van der Waals surface area contributed by atoms with Gasteiger partial charge in [0.2, 0.25) is 5.95 Å². The van der Waals surface area contributed by atoms with Crippen molar-refractivity contribution in [2.75, 3.05) is 0 Å². The van der Waals surface area contributed by atoms with Crippen LogP contribution in [0.1, 0.15) is 24.7 Å². The number of fused-ring (bicyclic) bond motifs is 1. The van der Waals surface area contributed by atoms with Crippen LogP contribution in [0.4, 0.5) is 0 Å². The Hall–Kier alpha value is -2.64. The van der Waals surface area contributed by atoms with E-state index in [1.54, 1.807) is 11.7 Å². The van der Waals surface area contributed by atoms with Crippen molar-refractivity contribution in [1.82, 2.24) is 28.5 Å². The van der Waals surface area contributed by atoms with Crippen LogP contribution in [0, 0.1) is 13.8 Å². The second-order valence-corrected chi connectivity index (χ2v) is 5.78. The molecule has 0 aromatic carbocycles. The molecule has 0 bridgehead atoms. The standard InChI is InChI=1S/C15H20N6O2/c1-6-7-20-11-12(18(4)15(23)19(5)13(11)22)16-14(20)21-10(3)8-9(2)17-21/h8H,6-7H2,1-5H3. The summed E-state index contributed by atoms with van der Waals surface area (Å²) in [4.78, 5) is 29.3. The molecule has 0 unspecified atom stereocenters. The van der Waals surface area contributed by atoms with Gasteiger partial charge in [0.05, 0.1) is 5.69 Å². The van der Waals surface area contributed by atoms with Gasteiger partial charge in [0.25, 0.3) is 5.56 Å². The molecule has 0 amide bonds. The number of hydrogen-bond acceptors (Lipinski definition) is 4. The Labute approximate surface area is 132 Å². The van der Waals surface area contributed by atoms with Crippen LogP contribution in [0.3, 0.4) is 0 Å². The lowest BCUT2D eigenvalue weighted by atomic mass is 10.4. The summed E-state index contributed by atoms with van der Waals surface area (Å²) >= 11 is 0. The predicted octanol–water partition coefficient (Wildman–Crippen LogP) is 0.646. The molecule has 3 rings (SSSR count). The van der Waals surface area contributed by atoms with Gasteiger partial charge in [0.15, 0.2) is 11.2 Å². The maximum atomic E-state index is 12.6. The molecule has 0 atom stereocenters. The van der Waals surface area contributed by atoms with Crippen LogP contribution in [0.15, 0.2) is 15.7 Å². The zero-order valence-electron chi connectivity index (χ0n) is 14.0. The topological polar surface area (TPSA) is 79.6 Å². The molecule has 8 heteroatoms. The first-order chi connectivity index (χ1) is 10.9. The monoisotopic (exact) mass is 316 g/mol. The first kappa shape index (κ1) is 15.3. The number of hydrogen-bond donors (Lipinski definition) is 0. The lowest BCUT2D eigenvalue weighted by Crippen LogP contribution is -2.37. The number of nitrogens with zero attached hydrogens (tertiary/aromatic N) is 6. The SMILES string of the molecule is CCCn1c(-n2nc(C)cc2C)nc2c1c(=O)n(C)c(=O)n2C. The summed E-state index contributed by atoms with van der Waals surface area (Å²) in [5.74, 6) is 0.561. The molecule has 122 valence electrons. The van der Waals surface area contributed by atoms with E-state index in [1.165, 1.54) is 11.6 Å². The summed E-state index contributed by atoms with van der Waals surface area (Å²) in [5, 5.41) is 4.46. The van der Waals surface area contributed by atoms with E-state index in [0.717, 1.165) is 22.4 Å². The van der Waals surface area contributed by atoms with E-state index in [4.69, 9.17) is 0 Å². The lowest BCUT2D eigenvalue weighted by molar-refractivity contribution is 0.638. The minimum absolute atomic E-state index is 0.336. The zero-order chi connectivity index (χ0) is 16.9. The summed E-state index contributed by atoms with van der Waals surface area (Å²) in [5.41, 5.74) is 1.89. The fourth-order valence-corrected chi connectivity index (χ4v) is 2.86. The van der Waals surface area contributed by atoms with Crippen molar-refractivity contribution >= 4 is 11.2 Å². The van der Waals surface area contributed by atoms with Crippen LogP contribution in [0.5, 0.6) is 0 Å². The molecule has 23 heavy (non-hydrogen) atoms. The van der Waals surface area contributed by atoms with Crippen LogP contribution >= 0.6 is 0 Å². The summed E-state index contributed by atoms with van der Waals surface area (Å²) in [6, 6.07) is 1.95. The van der Waals surface area contributed by atoms with Gasteiger partial charge in [0, 0.05) is 26.3 Å². The highest BCUT2D eigenvalue weighted by molar-refractivity contribution is 5.72. The van der Waals surface area contributed by atoms with Gasteiger partial charge in [-0.15, -0.1) is 0 Å². The van der Waals surface area contributed by atoms with Crippen LogP contribution in [-0.4, -0.2) is 28.5 Å². The van der Waals surface area contributed by atoms with Crippen molar-refractivity contribution in [1.29, 1.82) is 0 Å². The van der Waals surface area contributed by atoms with Crippen molar-refractivity contribution in [2.45, 2.75) is 33.7 Å². The average Bonchev–Trinajstić information content (AvgIpc) is 3.03. The van der Waals surface area contributed by atoms with E-state index in [1.807, 2.05) is 31.4 Å². The van der Waals surface area contributed by atoms with Gasteiger partial charge >= 0.3 is 5.69 Å². The van der Waals surface area contributed by atoms with Crippen molar-refractivity contribution in [3.05, 3.63) is 38.3 Å². The van der Waals surface area contributed by atoms with E-state index in [9.17, 15) is 9.59 Å². The van der Waals surface area contributed by atoms with E-state index in [-0.39, 0.29) is 11.2 Å². The average molecular weight is 316 g/mol. The van der Waals surface area contributed by atoms with Gasteiger partial charge in [-0.1, -0.05) is 6.92 Å². The second kappa shape index (κ2) is 5.22. The molecule has 0 fully saturated rings. The third kappa shape index (κ3) is 2.13. The highest BCUT2D eigenvalue weighted by Gasteiger charge is 2.21. The number of rotatable bonds is 3. The second-order valence-electron chi connectivity index (χ2n) is 5.78. The molecule has 0 aliphatic heterocycles. The number of imidazole rings is 1. The van der Waals surface area contributed by atoms with Crippen molar-refractivity contribution in [3.8, 4) is 5.95 Å². The Morgan fingerprint density at radius 1 is 1.13 bits per heavy atom. The molecule has 8 nitrogen and oxygen atoms in total. The minimum atomic E-state index is -0.386. The van der Waals surface area contributed by atoms with Gasteiger partial charge in [0.1, 0.15) is 0 Å². The first-order valence-electron chi connectivity index (χ1n) is 7.56. The molecular formula is C15H20N6O2. The molecule has 0 spiro atoms. The first-order valence-corrected chi connectivity index (χ1v) is 7.56. The van der Waals surface area contributed by atoms with E-state index >= 15 is 0 Å². The smallest absolute Gasteiger partial charge is 0.302 e. The van der Waals surface area contributed by atoms with E-state index < -0.39 is 0 Å². The van der Waals surface area contributed by atoms with Crippen molar-refractivity contribution in [2.24, 2.45) is 14.1 Å². The molecule has 0 saturated carbocycles. The highest BCUT2D eigenvalue weighted by atomic mass is 16.2. The Balaban J connectivity index is 2.49. The van der Waals surface area contributed by atoms with Gasteiger partial charge in [-0.2, -0.15) is 10.1 Å². The zero-order valence-corrected chi connectivity index (χ0v) is 14.0. The molecular weight excluding hydrogens is 296 g/mol. The summed E-state index contributed by atoms with van der Waals surface area (Å²) in [7, 11) is 3.11. The predicted molar refractivity (Wildman–Crippen MR) is 87.1 cm³/mol. The van der Waals surface area contributed by atoms with E-state index in [2.05, 4.69) is 10.1 Å². The molecule has 3 aromatic rings. The third-order valence-electron chi connectivity index (χ3n) is 3.97. The number of aromatic nitrogens is 6. The fraction of sp³-hybridized carbons (Fsp3) is 0.467. The largest absolute Gasteiger partial charge is 0.332 e. The van der Waals surface area contributed by atoms with Crippen molar-refractivity contribution < 1.29 is 0 Å². The highest BCUT2D eigenvalue weighted by Crippen LogP contribution is 2.17. The fourth-order valence-electron chi connectivity index (χ4n) is 2.86. The molecule has 0 aliphatic carbocycles. The molecule has 3 heterocycles. The maximum absolute atomic E-state index is 12.6. The Morgan fingerprint density at radius 3 is 2.39 bits per heavy atom. The van der Waals surface area contributed by atoms with Gasteiger partial charge in [-0.25, -0.2) is 9.48 Å². The lowest BCUT2D eigenvalue weighted by Gasteiger charge is -2.08. The normalized spacial score (nSPS) is 11.5. The Morgan fingerprint density at radius 2 is 1.83 bits per heavy atom. The summed E-state index contributed by atoms with van der Waals surface area (Å²) in [6.45, 7) is 6.50. The van der Waals surface area contributed by atoms with E-state index in [0.29, 0.717) is 23.7 Å². The van der Waals surface area contributed by atoms with Crippen LogP contribution in [0.2, 0.25) is 0 Å². The van der Waals surface area contributed by atoms with Gasteiger partial charge in [-0.05, 0) is 26.3 Å². The summed E-state index contributed by atoms with van der Waals surface area (Å²) < 4.78 is 6.07. The Bertz CT molecular complexity index is 1020. The molecule has 0 saturated heterocycles. The molecule has 0 radical (unpaired) electrons. The molecule has 0 N–H and O–H groups in total. The minimum Gasteiger partial charge on any atom is -0.302 e. The van der Waals surface area contributed by atoms with Crippen LogP contribution in [0.25, 0.3) is 17.1 Å². The quantitative estimate of drug-likeness (QED) is 0.710. The maximum Gasteiger partial charge on any atom is 0.332 e. The van der Waals surface area contributed by atoms with Gasteiger partial charge < -0.3 is 4.57 Å². The van der Waals surface area contributed by atoms with Crippen LogP contribution < -0.4 is 11.2 Å². The van der Waals surface area contributed by atoms with Crippen molar-refractivity contribution in [3.63, 3.8) is 0 Å². The third-order valence-corrected chi connectivity index (χ3v) is 3.97. The summed E-state index contributed by atoms with van der Waals surface area (Å²) in [6.07, 6.45) is 0.837.